The van der Waals surface area contributed by atoms with E-state index in [1.165, 1.54) is 31.2 Å². The van der Waals surface area contributed by atoms with E-state index in [2.05, 4.69) is 0 Å². The molecule has 0 heterocycles. The molecule has 4 aromatic carbocycles. The predicted molar refractivity (Wildman–Crippen MR) is 212 cm³/mol. The number of ether oxygens (including phenoxy) is 4. The normalized spacial score (nSPS) is 12.9. The maximum Gasteiger partial charge on any atom is 0.312 e. The van der Waals surface area contributed by atoms with Crippen molar-refractivity contribution in [3.8, 4) is 11.5 Å². The third kappa shape index (κ3) is 15.3. The zero-order valence-corrected chi connectivity index (χ0v) is 32.7. The Morgan fingerprint density at radius 3 is 1.10 bits per heavy atom. The van der Waals surface area contributed by atoms with Gasteiger partial charge in [0.15, 0.2) is 0 Å². The molecule has 4 unspecified atom stereocenters. The number of carbonyl (C=O) groups excluding carboxylic acids is 6. The van der Waals surface area contributed by atoms with Gasteiger partial charge in [0.1, 0.15) is 23.1 Å². The Kier molecular flexibility index (Phi) is 17.7. The number of esters is 4. The second-order valence-corrected chi connectivity index (χ2v) is 14.3. The zero-order chi connectivity index (χ0) is 41.9. The van der Waals surface area contributed by atoms with E-state index < -0.39 is 66.9 Å². The molecular formula is C46H50O12. The summed E-state index contributed by atoms with van der Waals surface area (Å²) in [6.07, 6.45) is 0.536. The van der Waals surface area contributed by atoms with E-state index in [1.54, 1.807) is 48.5 Å². The van der Waals surface area contributed by atoms with Crippen LogP contribution in [0, 0.1) is 23.7 Å². The van der Waals surface area contributed by atoms with E-state index in [-0.39, 0.29) is 55.8 Å². The zero-order valence-electron chi connectivity index (χ0n) is 32.7. The van der Waals surface area contributed by atoms with Crippen LogP contribution in [0.2, 0.25) is 0 Å². The van der Waals surface area contributed by atoms with Crippen molar-refractivity contribution in [3.63, 3.8) is 0 Å². The van der Waals surface area contributed by atoms with Crippen molar-refractivity contribution in [3.05, 3.63) is 131 Å². The molecule has 0 saturated heterocycles. The number of hydrogen-bond acceptors (Lipinski definition) is 12. The van der Waals surface area contributed by atoms with Crippen molar-refractivity contribution in [2.45, 2.75) is 65.2 Å². The van der Waals surface area contributed by atoms with Gasteiger partial charge in [-0.25, -0.2) is 0 Å². The number of phenols is 2. The number of Topliss-reactive ketones (excluding diaryl/α,β-unsaturated/α-hetero) is 2. The molecular weight excluding hydrogens is 744 g/mol. The fourth-order valence-corrected chi connectivity index (χ4v) is 6.48. The van der Waals surface area contributed by atoms with Crippen LogP contribution in [0.3, 0.4) is 0 Å². The van der Waals surface area contributed by atoms with Gasteiger partial charge in [0, 0.05) is 19.3 Å². The molecule has 0 aliphatic heterocycles. The van der Waals surface area contributed by atoms with Crippen LogP contribution in [-0.2, 0) is 73.4 Å². The number of hydrogen-bond donors (Lipinski definition) is 2. The van der Waals surface area contributed by atoms with E-state index in [4.69, 9.17) is 18.9 Å². The maximum atomic E-state index is 13.7. The summed E-state index contributed by atoms with van der Waals surface area (Å²) in [5.74, 6) is -6.86. The van der Waals surface area contributed by atoms with Gasteiger partial charge >= 0.3 is 23.9 Å². The van der Waals surface area contributed by atoms with Crippen molar-refractivity contribution >= 4 is 35.4 Å². The smallest absolute Gasteiger partial charge is 0.312 e. The van der Waals surface area contributed by atoms with Gasteiger partial charge in [-0.05, 0) is 85.5 Å². The molecule has 306 valence electrons. The van der Waals surface area contributed by atoms with E-state index in [1.807, 2.05) is 43.3 Å². The minimum atomic E-state index is -1.06. The number of carbonyl (C=O) groups is 6. The van der Waals surface area contributed by atoms with E-state index in [0.29, 0.717) is 24.0 Å². The van der Waals surface area contributed by atoms with Crippen molar-refractivity contribution in [1.82, 2.24) is 0 Å². The maximum absolute atomic E-state index is 13.7. The van der Waals surface area contributed by atoms with Crippen molar-refractivity contribution < 1.29 is 57.9 Å². The van der Waals surface area contributed by atoms with Gasteiger partial charge in [-0.2, -0.15) is 0 Å². The summed E-state index contributed by atoms with van der Waals surface area (Å²) in [5, 5.41) is 19.4. The first kappa shape index (κ1) is 44.4. The fraction of sp³-hybridized carbons (Fsp3) is 0.348. The Hall–Kier alpha value is -6.30. The topological polar surface area (TPSA) is 180 Å². The van der Waals surface area contributed by atoms with Gasteiger partial charge in [-0.3, -0.25) is 24.0 Å². The molecule has 0 bridgehead atoms. The molecule has 0 amide bonds. The lowest BCUT2D eigenvalue weighted by Gasteiger charge is -2.20. The molecule has 0 saturated carbocycles. The molecule has 12 nitrogen and oxygen atoms in total. The highest BCUT2D eigenvalue weighted by atomic mass is 16.7. The lowest BCUT2D eigenvalue weighted by atomic mass is 9.88. The van der Waals surface area contributed by atoms with Crippen LogP contribution in [0.4, 0.5) is 0 Å². The Labute approximate surface area is 338 Å². The highest BCUT2D eigenvalue weighted by Gasteiger charge is 2.30. The van der Waals surface area contributed by atoms with Gasteiger partial charge in [-0.1, -0.05) is 91.9 Å². The molecule has 4 aromatic rings. The van der Waals surface area contributed by atoms with Crippen molar-refractivity contribution in [2.24, 2.45) is 23.7 Å². The molecule has 0 radical (unpaired) electrons. The van der Waals surface area contributed by atoms with Gasteiger partial charge in [-0.15, -0.1) is 0 Å². The number of phenolic OH excluding ortho intramolecular Hbond substituents is 2. The average molecular weight is 795 g/mol. The number of benzene rings is 4. The minimum absolute atomic E-state index is 0.00707. The summed E-state index contributed by atoms with van der Waals surface area (Å²) in [6.45, 7) is 1.82. The fourth-order valence-electron chi connectivity index (χ4n) is 6.48. The molecule has 12 heteroatoms. The molecule has 0 fully saturated rings. The summed E-state index contributed by atoms with van der Waals surface area (Å²) >= 11 is 0. The predicted octanol–water partition coefficient (Wildman–Crippen LogP) is 6.66. The van der Waals surface area contributed by atoms with Crippen molar-refractivity contribution in [2.75, 3.05) is 13.6 Å². The number of ketones is 2. The second-order valence-electron chi connectivity index (χ2n) is 14.3. The molecule has 58 heavy (non-hydrogen) atoms. The number of rotatable bonds is 23. The van der Waals surface area contributed by atoms with E-state index >= 15 is 0 Å². The SMILES string of the molecule is CCC(Cc1ccccc1)C(=O)OCOC(=O)C(CC(=O)CC(Cc1ccc(O)cc1)C(=O)OCOC(=O)C(CC(C)=O)Cc1ccc(O)cc1)Cc1ccccc1. The van der Waals surface area contributed by atoms with E-state index in [0.717, 1.165) is 11.1 Å². The monoisotopic (exact) mass is 794 g/mol. The van der Waals surface area contributed by atoms with Gasteiger partial charge in [0.25, 0.3) is 0 Å². The molecule has 2 N–H and O–H groups in total. The Morgan fingerprint density at radius 1 is 0.448 bits per heavy atom. The first-order chi connectivity index (χ1) is 27.9. The lowest BCUT2D eigenvalue weighted by Crippen LogP contribution is -2.29. The van der Waals surface area contributed by atoms with Gasteiger partial charge < -0.3 is 34.0 Å². The van der Waals surface area contributed by atoms with Crippen LogP contribution >= 0.6 is 0 Å². The lowest BCUT2D eigenvalue weighted by molar-refractivity contribution is -0.174. The average Bonchev–Trinajstić information content (AvgIpc) is 3.21. The first-order valence-electron chi connectivity index (χ1n) is 19.2. The van der Waals surface area contributed by atoms with Gasteiger partial charge in [0.2, 0.25) is 13.6 Å². The van der Waals surface area contributed by atoms with Crippen LogP contribution in [0.25, 0.3) is 0 Å². The summed E-state index contributed by atoms with van der Waals surface area (Å²) < 4.78 is 21.3. The quantitative estimate of drug-likeness (QED) is 0.0603. The van der Waals surface area contributed by atoms with Crippen LogP contribution < -0.4 is 0 Å². The molecule has 0 aromatic heterocycles. The van der Waals surface area contributed by atoms with Crippen LogP contribution in [0.1, 0.15) is 61.8 Å². The highest BCUT2D eigenvalue weighted by molar-refractivity contribution is 5.88. The summed E-state index contributed by atoms with van der Waals surface area (Å²) in [5.41, 5.74) is 3.03. The molecule has 4 rings (SSSR count). The Balaban J connectivity index is 1.40. The highest BCUT2D eigenvalue weighted by Crippen LogP contribution is 2.23. The van der Waals surface area contributed by atoms with Gasteiger partial charge in [0.05, 0.1) is 23.7 Å². The summed E-state index contributed by atoms with van der Waals surface area (Å²) in [4.78, 5) is 78.4. The Morgan fingerprint density at radius 2 is 0.759 bits per heavy atom. The molecule has 0 aliphatic carbocycles. The summed E-state index contributed by atoms with van der Waals surface area (Å²) in [6, 6.07) is 30.7. The van der Waals surface area contributed by atoms with Crippen LogP contribution in [-0.4, -0.2) is 59.2 Å². The van der Waals surface area contributed by atoms with Crippen LogP contribution in [0.15, 0.2) is 109 Å². The largest absolute Gasteiger partial charge is 0.508 e. The summed E-state index contributed by atoms with van der Waals surface area (Å²) in [7, 11) is 0. The second kappa shape index (κ2) is 23.1. The third-order valence-electron chi connectivity index (χ3n) is 9.60. The molecule has 4 atom stereocenters. The minimum Gasteiger partial charge on any atom is -0.508 e. The number of aromatic hydroxyl groups is 2. The standard InChI is InChI=1S/C46H50O12/c1-3-36(23-32-10-6-4-7-11-32)43(51)55-29-57-45(53)38(24-33-12-8-5-9-13-33)27-42(50)28-39(26-35-16-20-41(49)21-17-35)46(54)58-30-56-44(52)37(22-31(2)47)25-34-14-18-40(48)19-15-34/h4-21,36-39,48-49H,3,22-30H2,1-2H3. The molecule has 0 aliphatic rings. The van der Waals surface area contributed by atoms with Crippen molar-refractivity contribution in [1.29, 1.82) is 0 Å². The van der Waals surface area contributed by atoms with Crippen LogP contribution in [0.5, 0.6) is 11.5 Å². The molecule has 0 spiro atoms. The van der Waals surface area contributed by atoms with E-state index in [9.17, 15) is 39.0 Å². The third-order valence-corrected chi connectivity index (χ3v) is 9.60. The first-order valence-corrected chi connectivity index (χ1v) is 19.2. The Bertz CT molecular complexity index is 1940.